The molecule has 0 amide bonds. The number of halogens is 1. The van der Waals surface area contributed by atoms with Gasteiger partial charge in [-0.15, -0.1) is 0 Å². The van der Waals surface area contributed by atoms with Crippen molar-refractivity contribution in [2.45, 2.75) is 6.54 Å². The smallest absolute Gasteiger partial charge is 0.358 e. The number of benzene rings is 1. The zero-order chi connectivity index (χ0) is 13.1. The molecule has 0 saturated carbocycles. The van der Waals surface area contributed by atoms with Crippen LogP contribution < -0.4 is 4.74 Å². The van der Waals surface area contributed by atoms with Crippen LogP contribution in [-0.4, -0.2) is 28.0 Å². The molecule has 0 fully saturated rings. The van der Waals surface area contributed by atoms with Crippen molar-refractivity contribution in [2.75, 3.05) is 7.11 Å². The Morgan fingerprint density at radius 1 is 1.56 bits per heavy atom. The molecule has 0 atom stereocenters. The van der Waals surface area contributed by atoms with Crippen LogP contribution in [0, 0.1) is 0 Å². The molecule has 1 N–H and O–H groups in total. The quantitative estimate of drug-likeness (QED) is 0.922. The van der Waals surface area contributed by atoms with E-state index in [-0.39, 0.29) is 11.4 Å². The third-order valence-electron chi connectivity index (χ3n) is 2.45. The molecule has 6 heteroatoms. The largest absolute Gasteiger partial charge is 0.493 e. The van der Waals surface area contributed by atoms with Gasteiger partial charge in [-0.25, -0.2) is 4.79 Å². The van der Waals surface area contributed by atoms with Gasteiger partial charge in [0.05, 0.1) is 19.9 Å². The fourth-order valence-corrected chi connectivity index (χ4v) is 1.87. The number of hydrogen-bond donors (Lipinski definition) is 1. The summed E-state index contributed by atoms with van der Waals surface area (Å²) in [6, 6.07) is 7.18. The minimum atomic E-state index is -1.08. The number of aromatic carboxylic acids is 1. The number of ether oxygens (including phenoxy) is 1. The molecule has 5 nitrogen and oxygen atoms in total. The van der Waals surface area contributed by atoms with E-state index in [1.54, 1.807) is 18.2 Å². The average Bonchev–Trinajstić information content (AvgIpc) is 2.72. The highest BCUT2D eigenvalue weighted by atomic mass is 35.5. The lowest BCUT2D eigenvalue weighted by molar-refractivity contribution is 0.0680. The Morgan fingerprint density at radius 2 is 2.33 bits per heavy atom. The minimum absolute atomic E-state index is 0.0254. The van der Waals surface area contributed by atoms with Crippen LogP contribution in [-0.2, 0) is 6.54 Å². The lowest BCUT2D eigenvalue weighted by Crippen LogP contribution is -2.11. The SMILES string of the molecule is COc1cnn(Cc2cccc(Cl)c2)c1C(=O)O. The summed E-state index contributed by atoms with van der Waals surface area (Å²) in [6.07, 6.45) is 1.38. The zero-order valence-corrected chi connectivity index (χ0v) is 10.4. The van der Waals surface area contributed by atoms with Gasteiger partial charge in [0.1, 0.15) is 0 Å². The van der Waals surface area contributed by atoms with Gasteiger partial charge in [-0.05, 0) is 17.7 Å². The maximum atomic E-state index is 11.2. The van der Waals surface area contributed by atoms with Crippen LogP contribution in [0.5, 0.6) is 5.75 Å². The van der Waals surface area contributed by atoms with Crippen LogP contribution in [0.15, 0.2) is 30.5 Å². The molecule has 18 heavy (non-hydrogen) atoms. The molecule has 1 heterocycles. The Labute approximate surface area is 109 Å². The predicted molar refractivity (Wildman–Crippen MR) is 66.3 cm³/mol. The summed E-state index contributed by atoms with van der Waals surface area (Å²) in [7, 11) is 1.41. The summed E-state index contributed by atoms with van der Waals surface area (Å²) in [5.41, 5.74) is 0.897. The average molecular weight is 267 g/mol. The number of hydrogen-bond acceptors (Lipinski definition) is 3. The number of rotatable bonds is 4. The molecule has 0 aliphatic rings. The molecule has 0 spiro atoms. The lowest BCUT2D eigenvalue weighted by atomic mass is 10.2. The number of carboxylic acid groups (broad SMARTS) is 1. The normalized spacial score (nSPS) is 10.3. The van der Waals surface area contributed by atoms with E-state index in [1.807, 2.05) is 6.07 Å². The standard InChI is InChI=1S/C12H11ClN2O3/c1-18-10-6-14-15(11(10)12(16)17)7-8-3-2-4-9(13)5-8/h2-6H,7H2,1H3,(H,16,17). The van der Waals surface area contributed by atoms with Crippen molar-refractivity contribution in [2.24, 2.45) is 0 Å². The van der Waals surface area contributed by atoms with Crippen molar-refractivity contribution in [1.82, 2.24) is 9.78 Å². The van der Waals surface area contributed by atoms with E-state index in [9.17, 15) is 4.79 Å². The highest BCUT2D eigenvalue weighted by Crippen LogP contribution is 2.19. The first-order valence-corrected chi connectivity index (χ1v) is 5.57. The Hall–Kier alpha value is -2.01. The molecule has 94 valence electrons. The van der Waals surface area contributed by atoms with E-state index in [2.05, 4.69) is 5.10 Å². The van der Waals surface area contributed by atoms with E-state index >= 15 is 0 Å². The van der Waals surface area contributed by atoms with E-state index in [1.165, 1.54) is 18.0 Å². The monoisotopic (exact) mass is 266 g/mol. The lowest BCUT2D eigenvalue weighted by Gasteiger charge is -2.06. The first kappa shape index (κ1) is 12.4. The Bertz CT molecular complexity index is 580. The fourth-order valence-electron chi connectivity index (χ4n) is 1.66. The van der Waals surface area contributed by atoms with Crippen molar-refractivity contribution in [3.05, 3.63) is 46.7 Å². The fraction of sp³-hybridized carbons (Fsp3) is 0.167. The second-order valence-electron chi connectivity index (χ2n) is 3.65. The van der Waals surface area contributed by atoms with Crippen molar-refractivity contribution < 1.29 is 14.6 Å². The van der Waals surface area contributed by atoms with Gasteiger partial charge in [0, 0.05) is 5.02 Å². The topological polar surface area (TPSA) is 64.4 Å². The van der Waals surface area contributed by atoms with Gasteiger partial charge in [0.25, 0.3) is 0 Å². The molecule has 2 aromatic rings. The van der Waals surface area contributed by atoms with Gasteiger partial charge < -0.3 is 9.84 Å². The van der Waals surface area contributed by atoms with Gasteiger partial charge in [-0.2, -0.15) is 5.10 Å². The van der Waals surface area contributed by atoms with E-state index in [4.69, 9.17) is 21.4 Å². The maximum absolute atomic E-state index is 11.2. The van der Waals surface area contributed by atoms with Gasteiger partial charge >= 0.3 is 5.97 Å². The summed E-state index contributed by atoms with van der Waals surface area (Å²) >= 11 is 5.88. The van der Waals surface area contributed by atoms with Gasteiger partial charge in [-0.1, -0.05) is 23.7 Å². The Balaban J connectivity index is 2.35. The van der Waals surface area contributed by atoms with Crippen LogP contribution in [0.25, 0.3) is 0 Å². The third kappa shape index (κ3) is 2.46. The molecule has 1 aromatic heterocycles. The summed E-state index contributed by atoms with van der Waals surface area (Å²) in [5.74, 6) is -0.837. The molecule has 0 aliphatic carbocycles. The first-order valence-electron chi connectivity index (χ1n) is 5.19. The summed E-state index contributed by atoms with van der Waals surface area (Å²) in [6.45, 7) is 0.325. The van der Waals surface area contributed by atoms with Gasteiger partial charge in [-0.3, -0.25) is 4.68 Å². The number of aromatic nitrogens is 2. The molecule has 0 unspecified atom stereocenters. The molecular weight excluding hydrogens is 256 g/mol. The summed E-state index contributed by atoms with van der Waals surface area (Å²) < 4.78 is 6.33. The Morgan fingerprint density at radius 3 is 2.94 bits per heavy atom. The van der Waals surface area contributed by atoms with Gasteiger partial charge in [0.2, 0.25) is 0 Å². The minimum Gasteiger partial charge on any atom is -0.493 e. The number of carbonyl (C=O) groups is 1. The van der Waals surface area contributed by atoms with Gasteiger partial charge in [0.15, 0.2) is 11.4 Å². The molecular formula is C12H11ClN2O3. The molecule has 0 saturated heterocycles. The number of nitrogens with zero attached hydrogens (tertiary/aromatic N) is 2. The zero-order valence-electron chi connectivity index (χ0n) is 9.63. The van der Waals surface area contributed by atoms with Crippen LogP contribution >= 0.6 is 11.6 Å². The van der Waals surface area contributed by atoms with E-state index in [0.29, 0.717) is 11.6 Å². The Kier molecular flexibility index (Phi) is 3.53. The number of carboxylic acids is 1. The maximum Gasteiger partial charge on any atom is 0.358 e. The summed E-state index contributed by atoms with van der Waals surface area (Å²) in [5, 5.41) is 13.7. The second kappa shape index (κ2) is 5.10. The first-order chi connectivity index (χ1) is 8.61. The van der Waals surface area contributed by atoms with Crippen LogP contribution in [0.2, 0.25) is 5.02 Å². The summed E-state index contributed by atoms with van der Waals surface area (Å²) in [4.78, 5) is 11.2. The molecule has 2 rings (SSSR count). The number of methoxy groups -OCH3 is 1. The molecule has 0 bridgehead atoms. The van der Waals surface area contributed by atoms with E-state index < -0.39 is 5.97 Å². The van der Waals surface area contributed by atoms with Crippen LogP contribution in [0.1, 0.15) is 16.1 Å². The highest BCUT2D eigenvalue weighted by Gasteiger charge is 2.18. The highest BCUT2D eigenvalue weighted by molar-refractivity contribution is 6.30. The second-order valence-corrected chi connectivity index (χ2v) is 4.09. The molecule has 0 radical (unpaired) electrons. The van der Waals surface area contributed by atoms with Crippen molar-refractivity contribution in [3.8, 4) is 5.75 Å². The van der Waals surface area contributed by atoms with E-state index in [0.717, 1.165) is 5.56 Å². The molecule has 1 aromatic carbocycles. The molecule has 0 aliphatic heterocycles. The van der Waals surface area contributed by atoms with Crippen molar-refractivity contribution in [3.63, 3.8) is 0 Å². The predicted octanol–water partition coefficient (Wildman–Crippen LogP) is 2.29. The van der Waals surface area contributed by atoms with Crippen LogP contribution in [0.4, 0.5) is 0 Å². The van der Waals surface area contributed by atoms with Crippen LogP contribution in [0.3, 0.4) is 0 Å². The third-order valence-corrected chi connectivity index (χ3v) is 2.68. The van der Waals surface area contributed by atoms with Crippen molar-refractivity contribution >= 4 is 17.6 Å². The van der Waals surface area contributed by atoms with Crippen molar-refractivity contribution in [1.29, 1.82) is 0 Å².